The molecule has 0 saturated heterocycles. The molecule has 0 radical (unpaired) electrons. The standard InChI is InChI=1S/C17H16ClNO/c18-11-12-5-7-14(8-6-12)17(20)19-16-10-9-13-3-1-2-4-15(13)16/h1-8,16H,9-11H2,(H,19,20). The number of benzene rings is 2. The van der Waals surface area contributed by atoms with Crippen molar-refractivity contribution in [3.63, 3.8) is 0 Å². The maximum atomic E-state index is 12.3. The van der Waals surface area contributed by atoms with Crippen LogP contribution in [0.15, 0.2) is 48.5 Å². The highest BCUT2D eigenvalue weighted by Gasteiger charge is 2.23. The molecule has 2 aromatic rings. The van der Waals surface area contributed by atoms with Crippen molar-refractivity contribution in [2.24, 2.45) is 0 Å². The van der Waals surface area contributed by atoms with Crippen molar-refractivity contribution in [1.29, 1.82) is 0 Å². The van der Waals surface area contributed by atoms with Crippen molar-refractivity contribution in [2.75, 3.05) is 0 Å². The Hall–Kier alpha value is -1.80. The molecule has 0 saturated carbocycles. The van der Waals surface area contributed by atoms with Crippen molar-refractivity contribution < 1.29 is 4.79 Å². The second kappa shape index (κ2) is 5.68. The minimum atomic E-state index is -0.0205. The van der Waals surface area contributed by atoms with Crippen molar-refractivity contribution in [1.82, 2.24) is 5.32 Å². The summed E-state index contributed by atoms with van der Waals surface area (Å²) in [6, 6.07) is 15.9. The molecule has 0 aromatic heterocycles. The average Bonchev–Trinajstić information content (AvgIpc) is 2.91. The summed E-state index contributed by atoms with van der Waals surface area (Å²) in [6.07, 6.45) is 2.01. The van der Waals surface area contributed by atoms with Gasteiger partial charge in [-0.25, -0.2) is 0 Å². The number of alkyl halides is 1. The van der Waals surface area contributed by atoms with Gasteiger partial charge in [0.1, 0.15) is 0 Å². The molecule has 3 rings (SSSR count). The zero-order valence-electron chi connectivity index (χ0n) is 11.1. The van der Waals surface area contributed by atoms with Gasteiger partial charge >= 0.3 is 0 Å². The Labute approximate surface area is 123 Å². The Bertz CT molecular complexity index is 621. The Morgan fingerprint density at radius 3 is 2.65 bits per heavy atom. The topological polar surface area (TPSA) is 29.1 Å². The molecule has 1 N–H and O–H groups in total. The smallest absolute Gasteiger partial charge is 0.251 e. The normalized spacial score (nSPS) is 16.8. The molecule has 0 bridgehead atoms. The van der Waals surface area contributed by atoms with E-state index in [0.29, 0.717) is 11.4 Å². The summed E-state index contributed by atoms with van der Waals surface area (Å²) in [4.78, 5) is 12.3. The number of fused-ring (bicyclic) bond motifs is 1. The van der Waals surface area contributed by atoms with E-state index in [1.54, 1.807) is 0 Å². The maximum Gasteiger partial charge on any atom is 0.251 e. The van der Waals surface area contributed by atoms with Crippen LogP contribution in [0.2, 0.25) is 0 Å². The number of carbonyl (C=O) groups excluding carboxylic acids is 1. The van der Waals surface area contributed by atoms with E-state index in [-0.39, 0.29) is 11.9 Å². The van der Waals surface area contributed by atoms with E-state index in [4.69, 9.17) is 11.6 Å². The van der Waals surface area contributed by atoms with Crippen LogP contribution < -0.4 is 5.32 Å². The van der Waals surface area contributed by atoms with E-state index in [1.807, 2.05) is 36.4 Å². The number of hydrogen-bond donors (Lipinski definition) is 1. The van der Waals surface area contributed by atoms with E-state index in [0.717, 1.165) is 18.4 Å². The Balaban J connectivity index is 1.73. The molecule has 1 amide bonds. The van der Waals surface area contributed by atoms with Gasteiger partial charge in [-0.2, -0.15) is 0 Å². The fourth-order valence-electron chi connectivity index (χ4n) is 2.69. The number of carbonyl (C=O) groups is 1. The van der Waals surface area contributed by atoms with Crippen LogP contribution in [0, 0.1) is 0 Å². The quantitative estimate of drug-likeness (QED) is 0.853. The fraction of sp³-hybridized carbons (Fsp3) is 0.235. The summed E-state index contributed by atoms with van der Waals surface area (Å²) in [7, 11) is 0. The summed E-state index contributed by atoms with van der Waals surface area (Å²) in [5.41, 5.74) is 4.30. The fourth-order valence-corrected chi connectivity index (χ4v) is 2.87. The summed E-state index contributed by atoms with van der Waals surface area (Å²) in [5, 5.41) is 3.12. The molecule has 20 heavy (non-hydrogen) atoms. The molecular formula is C17H16ClNO. The zero-order valence-corrected chi connectivity index (χ0v) is 11.9. The van der Waals surface area contributed by atoms with Gasteiger partial charge in [0, 0.05) is 11.4 Å². The molecule has 1 aliphatic carbocycles. The first kappa shape index (κ1) is 13.2. The van der Waals surface area contributed by atoms with Gasteiger partial charge in [-0.3, -0.25) is 4.79 Å². The molecule has 2 aromatic carbocycles. The first-order valence-corrected chi connectivity index (χ1v) is 7.35. The highest BCUT2D eigenvalue weighted by atomic mass is 35.5. The number of nitrogens with one attached hydrogen (secondary N) is 1. The highest BCUT2D eigenvalue weighted by Crippen LogP contribution is 2.30. The molecule has 1 unspecified atom stereocenters. The molecule has 0 aliphatic heterocycles. The largest absolute Gasteiger partial charge is 0.345 e. The van der Waals surface area contributed by atoms with Gasteiger partial charge in [0.05, 0.1) is 6.04 Å². The van der Waals surface area contributed by atoms with Crippen LogP contribution in [0.3, 0.4) is 0 Å². The molecule has 102 valence electrons. The average molecular weight is 286 g/mol. The summed E-state index contributed by atoms with van der Waals surface area (Å²) >= 11 is 5.75. The lowest BCUT2D eigenvalue weighted by atomic mass is 10.1. The van der Waals surface area contributed by atoms with Crippen LogP contribution in [0.25, 0.3) is 0 Å². The van der Waals surface area contributed by atoms with Gasteiger partial charge in [0.2, 0.25) is 0 Å². The lowest BCUT2D eigenvalue weighted by Crippen LogP contribution is -2.27. The van der Waals surface area contributed by atoms with Crippen molar-refractivity contribution in [3.05, 3.63) is 70.8 Å². The van der Waals surface area contributed by atoms with Crippen LogP contribution in [0.4, 0.5) is 0 Å². The monoisotopic (exact) mass is 285 g/mol. The molecular weight excluding hydrogens is 270 g/mol. The third kappa shape index (κ3) is 2.56. The van der Waals surface area contributed by atoms with Gasteiger partial charge in [-0.1, -0.05) is 36.4 Å². The van der Waals surface area contributed by atoms with Gasteiger partial charge in [-0.15, -0.1) is 11.6 Å². The Morgan fingerprint density at radius 2 is 1.90 bits per heavy atom. The second-order valence-corrected chi connectivity index (χ2v) is 5.36. The van der Waals surface area contributed by atoms with Crippen LogP contribution in [-0.2, 0) is 12.3 Å². The third-order valence-electron chi connectivity index (χ3n) is 3.81. The van der Waals surface area contributed by atoms with Crippen molar-refractivity contribution in [2.45, 2.75) is 24.8 Å². The predicted octanol–water partition coefficient (Wildman–Crippen LogP) is 3.84. The SMILES string of the molecule is O=C(NC1CCc2ccccc21)c1ccc(CCl)cc1. The van der Waals surface area contributed by atoms with E-state index in [1.165, 1.54) is 11.1 Å². The van der Waals surface area contributed by atoms with Crippen LogP contribution in [0.1, 0.15) is 39.5 Å². The van der Waals surface area contributed by atoms with E-state index in [2.05, 4.69) is 17.4 Å². The van der Waals surface area contributed by atoms with E-state index >= 15 is 0 Å². The lowest BCUT2D eigenvalue weighted by molar-refractivity contribution is 0.0936. The number of rotatable bonds is 3. The third-order valence-corrected chi connectivity index (χ3v) is 4.12. The molecule has 0 spiro atoms. The second-order valence-electron chi connectivity index (χ2n) is 5.09. The number of aryl methyl sites for hydroxylation is 1. The van der Waals surface area contributed by atoms with Gasteiger partial charge < -0.3 is 5.32 Å². The molecule has 1 atom stereocenters. The first-order valence-electron chi connectivity index (χ1n) is 6.81. The van der Waals surface area contributed by atoms with Crippen LogP contribution >= 0.6 is 11.6 Å². The van der Waals surface area contributed by atoms with Crippen molar-refractivity contribution >= 4 is 17.5 Å². The van der Waals surface area contributed by atoms with E-state index < -0.39 is 0 Å². The van der Waals surface area contributed by atoms with Crippen molar-refractivity contribution in [3.8, 4) is 0 Å². The summed E-state index contributed by atoms with van der Waals surface area (Å²) in [5.74, 6) is 0.450. The minimum Gasteiger partial charge on any atom is -0.345 e. The number of hydrogen-bond acceptors (Lipinski definition) is 1. The summed E-state index contributed by atoms with van der Waals surface area (Å²) < 4.78 is 0. The predicted molar refractivity (Wildman–Crippen MR) is 81.0 cm³/mol. The molecule has 0 heterocycles. The first-order chi connectivity index (χ1) is 9.78. The molecule has 2 nitrogen and oxygen atoms in total. The molecule has 1 aliphatic rings. The number of amides is 1. The molecule has 0 fully saturated rings. The van der Waals surface area contributed by atoms with Gasteiger partial charge in [-0.05, 0) is 41.7 Å². The number of halogens is 1. The van der Waals surface area contributed by atoms with Gasteiger partial charge in [0.15, 0.2) is 0 Å². The van der Waals surface area contributed by atoms with Crippen LogP contribution in [-0.4, -0.2) is 5.91 Å². The highest BCUT2D eigenvalue weighted by molar-refractivity contribution is 6.17. The maximum absolute atomic E-state index is 12.3. The lowest BCUT2D eigenvalue weighted by Gasteiger charge is -2.14. The zero-order chi connectivity index (χ0) is 13.9. The summed E-state index contributed by atoms with van der Waals surface area (Å²) in [6.45, 7) is 0. The Morgan fingerprint density at radius 1 is 1.15 bits per heavy atom. The Kier molecular flexibility index (Phi) is 3.75. The molecule has 3 heteroatoms. The van der Waals surface area contributed by atoms with Gasteiger partial charge in [0.25, 0.3) is 5.91 Å². The van der Waals surface area contributed by atoms with Crippen LogP contribution in [0.5, 0.6) is 0 Å². The van der Waals surface area contributed by atoms with E-state index in [9.17, 15) is 4.79 Å². The minimum absolute atomic E-state index is 0.0205.